The topological polar surface area (TPSA) is 95.5 Å². The van der Waals surface area contributed by atoms with Crippen molar-refractivity contribution in [3.05, 3.63) is 53.1 Å². The Hall–Kier alpha value is -3.30. The van der Waals surface area contributed by atoms with Gasteiger partial charge in [0.25, 0.3) is 5.91 Å². The van der Waals surface area contributed by atoms with Gasteiger partial charge in [0.15, 0.2) is 11.5 Å². The van der Waals surface area contributed by atoms with Crippen molar-refractivity contribution in [2.45, 2.75) is 18.5 Å². The van der Waals surface area contributed by atoms with Crippen molar-refractivity contribution in [2.75, 3.05) is 26.1 Å². The van der Waals surface area contributed by atoms with Gasteiger partial charge >= 0.3 is 0 Å². The van der Waals surface area contributed by atoms with Gasteiger partial charge in [0, 0.05) is 16.8 Å². The molecule has 2 aliphatic rings. The van der Waals surface area contributed by atoms with Crippen LogP contribution >= 0.6 is 11.6 Å². The van der Waals surface area contributed by atoms with Crippen LogP contribution in [0.2, 0.25) is 5.02 Å². The van der Waals surface area contributed by atoms with Crippen LogP contribution in [0.15, 0.2) is 47.6 Å². The summed E-state index contributed by atoms with van der Waals surface area (Å²) in [7, 11) is 3.05. The maximum Gasteiger partial charge on any atom is 0.267 e. The van der Waals surface area contributed by atoms with Crippen molar-refractivity contribution < 1.29 is 19.1 Å². The first-order valence-corrected chi connectivity index (χ1v) is 10.0. The molecule has 2 aromatic rings. The van der Waals surface area contributed by atoms with Crippen LogP contribution in [0, 0.1) is 0 Å². The lowest BCUT2D eigenvalue weighted by molar-refractivity contribution is -0.139. The minimum Gasteiger partial charge on any atom is -0.493 e. The second-order valence-electron chi connectivity index (χ2n) is 7.14. The largest absolute Gasteiger partial charge is 0.493 e. The van der Waals surface area contributed by atoms with Crippen LogP contribution < -0.4 is 20.2 Å². The quantitative estimate of drug-likeness (QED) is 0.711. The fourth-order valence-electron chi connectivity index (χ4n) is 3.61. The van der Waals surface area contributed by atoms with E-state index >= 15 is 0 Å². The fraction of sp³-hybridized carbons (Fsp3) is 0.286. The zero-order chi connectivity index (χ0) is 22.0. The predicted octanol–water partition coefficient (Wildman–Crippen LogP) is 2.40. The molecule has 2 unspecified atom stereocenters. The molecule has 2 N–H and O–H groups in total. The van der Waals surface area contributed by atoms with Crippen LogP contribution in [0.4, 0.5) is 5.69 Å². The Morgan fingerprint density at radius 1 is 1.19 bits per heavy atom. The van der Waals surface area contributed by atoms with Crippen LogP contribution in [-0.2, 0) is 9.59 Å². The van der Waals surface area contributed by atoms with Crippen LogP contribution in [0.5, 0.6) is 11.5 Å². The van der Waals surface area contributed by atoms with Gasteiger partial charge in [0.2, 0.25) is 5.91 Å². The average molecular weight is 444 g/mol. The molecule has 0 spiro atoms. The Morgan fingerprint density at radius 3 is 2.65 bits per heavy atom. The van der Waals surface area contributed by atoms with Gasteiger partial charge in [0.1, 0.15) is 18.9 Å². The number of amides is 2. The van der Waals surface area contributed by atoms with Gasteiger partial charge in [-0.05, 0) is 36.2 Å². The molecule has 1 fully saturated rings. The van der Waals surface area contributed by atoms with Crippen molar-refractivity contribution in [2.24, 2.45) is 5.10 Å². The first-order chi connectivity index (χ1) is 15.0. The number of halogens is 1. The monoisotopic (exact) mass is 443 g/mol. The third-order valence-electron chi connectivity index (χ3n) is 5.19. The van der Waals surface area contributed by atoms with Crippen molar-refractivity contribution >= 4 is 35.4 Å². The second kappa shape index (κ2) is 8.83. The third-order valence-corrected chi connectivity index (χ3v) is 5.44. The highest BCUT2D eigenvalue weighted by atomic mass is 35.5. The van der Waals surface area contributed by atoms with E-state index in [4.69, 9.17) is 21.1 Å². The molecule has 2 atom stereocenters. The number of hydrazine groups is 1. The van der Waals surface area contributed by atoms with E-state index in [1.54, 1.807) is 23.2 Å². The van der Waals surface area contributed by atoms with E-state index < -0.39 is 6.04 Å². The highest BCUT2D eigenvalue weighted by Gasteiger charge is 2.41. The number of hydrogen-bond acceptors (Lipinski definition) is 7. The van der Waals surface area contributed by atoms with E-state index in [0.717, 1.165) is 5.56 Å². The van der Waals surface area contributed by atoms with Crippen LogP contribution in [0.3, 0.4) is 0 Å². The molecule has 0 saturated carbocycles. The van der Waals surface area contributed by atoms with Gasteiger partial charge in [-0.25, -0.2) is 10.4 Å². The van der Waals surface area contributed by atoms with Gasteiger partial charge in [-0.2, -0.15) is 5.10 Å². The zero-order valence-electron chi connectivity index (χ0n) is 17.0. The second-order valence-corrected chi connectivity index (χ2v) is 7.57. The summed E-state index contributed by atoms with van der Waals surface area (Å²) in [6.45, 7) is -0.195. The number of nitrogens with zero attached hydrogens (tertiary/aromatic N) is 3. The van der Waals surface area contributed by atoms with Crippen molar-refractivity contribution in [1.29, 1.82) is 0 Å². The van der Waals surface area contributed by atoms with E-state index in [0.29, 0.717) is 28.6 Å². The summed E-state index contributed by atoms with van der Waals surface area (Å²) in [6.07, 6.45) is 2.09. The molecule has 0 radical (unpaired) electrons. The van der Waals surface area contributed by atoms with E-state index in [9.17, 15) is 9.59 Å². The maximum absolute atomic E-state index is 12.9. The standard InChI is InChI=1S/C21H22ClN5O4/c1-30-18-8-7-15(9-19(18)31-2)24-20(28)11-26-21(29)17-10-16(25-27(17)12-23-26)13-3-5-14(22)6-4-13/h3-9,12,16-17,25H,10-11H2,1-2H3,(H,24,28). The number of ether oxygens (including phenoxy) is 2. The summed E-state index contributed by atoms with van der Waals surface area (Å²) < 4.78 is 10.4. The summed E-state index contributed by atoms with van der Waals surface area (Å²) in [5, 5.41) is 10.4. The number of fused-ring (bicyclic) bond motifs is 1. The van der Waals surface area contributed by atoms with Crippen LogP contribution in [-0.4, -0.2) is 55.0 Å². The first kappa shape index (κ1) is 21.0. The van der Waals surface area contributed by atoms with Crippen molar-refractivity contribution in [3.63, 3.8) is 0 Å². The molecule has 31 heavy (non-hydrogen) atoms. The number of methoxy groups -OCH3 is 2. The molecule has 0 aliphatic carbocycles. The average Bonchev–Trinajstić information content (AvgIpc) is 3.21. The molecule has 10 heteroatoms. The summed E-state index contributed by atoms with van der Waals surface area (Å²) in [5.41, 5.74) is 4.82. The lowest BCUT2D eigenvalue weighted by Gasteiger charge is -2.29. The predicted molar refractivity (Wildman–Crippen MR) is 116 cm³/mol. The number of nitrogens with one attached hydrogen (secondary N) is 2. The van der Waals surface area contributed by atoms with Crippen molar-refractivity contribution in [3.8, 4) is 11.5 Å². The van der Waals surface area contributed by atoms with E-state index in [1.165, 1.54) is 25.6 Å². The maximum atomic E-state index is 12.9. The minimum absolute atomic E-state index is 0.0433. The smallest absolute Gasteiger partial charge is 0.267 e. The molecule has 162 valence electrons. The molecule has 0 bridgehead atoms. The summed E-state index contributed by atoms with van der Waals surface area (Å²) in [6, 6.07) is 12.0. The molecular formula is C21H22ClN5O4. The molecule has 0 aromatic heterocycles. The molecule has 2 aromatic carbocycles. The van der Waals surface area contributed by atoms with Crippen LogP contribution in [0.25, 0.3) is 0 Å². The lowest BCUT2D eigenvalue weighted by atomic mass is 10.0. The Kier molecular flexibility index (Phi) is 5.97. The molecule has 1 saturated heterocycles. The minimum atomic E-state index is -0.438. The number of hydrogen-bond donors (Lipinski definition) is 2. The summed E-state index contributed by atoms with van der Waals surface area (Å²) >= 11 is 5.96. The SMILES string of the molecule is COc1ccc(NC(=O)CN2N=CN3NC(c4ccc(Cl)cc4)CC3C2=O)cc1OC. The summed E-state index contributed by atoms with van der Waals surface area (Å²) in [5.74, 6) is 0.439. The number of carbonyl (C=O) groups excluding carboxylic acids is 2. The van der Waals surface area contributed by atoms with Gasteiger partial charge in [0.05, 0.1) is 20.3 Å². The molecule has 4 rings (SSSR count). The number of carbonyl (C=O) groups is 2. The van der Waals surface area contributed by atoms with Crippen LogP contribution in [0.1, 0.15) is 18.0 Å². The lowest BCUT2D eigenvalue weighted by Crippen LogP contribution is -2.52. The number of anilines is 1. The van der Waals surface area contributed by atoms with Crippen molar-refractivity contribution in [1.82, 2.24) is 15.4 Å². The molecule has 2 amide bonds. The number of benzene rings is 2. The zero-order valence-corrected chi connectivity index (χ0v) is 17.8. The third kappa shape index (κ3) is 4.42. The van der Waals surface area contributed by atoms with Gasteiger partial charge in [-0.15, -0.1) is 0 Å². The Balaban J connectivity index is 1.38. The van der Waals surface area contributed by atoms with E-state index in [-0.39, 0.29) is 24.4 Å². The van der Waals surface area contributed by atoms with Gasteiger partial charge in [-0.3, -0.25) is 14.6 Å². The first-order valence-electron chi connectivity index (χ1n) is 9.66. The number of hydrazone groups is 1. The normalized spacial score (nSPS) is 19.9. The Labute approximate surface area is 184 Å². The van der Waals surface area contributed by atoms with Gasteiger partial charge in [-0.1, -0.05) is 23.7 Å². The fourth-order valence-corrected chi connectivity index (χ4v) is 3.74. The summed E-state index contributed by atoms with van der Waals surface area (Å²) in [4.78, 5) is 25.4. The van der Waals surface area contributed by atoms with E-state index in [1.807, 2.05) is 24.3 Å². The molecule has 2 aliphatic heterocycles. The Bertz CT molecular complexity index is 1010. The molecule has 9 nitrogen and oxygen atoms in total. The highest BCUT2D eigenvalue weighted by molar-refractivity contribution is 6.30. The number of rotatable bonds is 6. The highest BCUT2D eigenvalue weighted by Crippen LogP contribution is 2.31. The molecular weight excluding hydrogens is 422 g/mol. The van der Waals surface area contributed by atoms with Gasteiger partial charge < -0.3 is 14.8 Å². The van der Waals surface area contributed by atoms with E-state index in [2.05, 4.69) is 15.8 Å². The Morgan fingerprint density at radius 2 is 1.94 bits per heavy atom. The molecule has 2 heterocycles.